The van der Waals surface area contributed by atoms with Crippen LogP contribution in [0.3, 0.4) is 0 Å². The number of carbonyl (C=O) groups is 2. The highest BCUT2D eigenvalue weighted by molar-refractivity contribution is 5.94. The largest absolute Gasteiger partial charge is 0.490 e. The molecular weight excluding hydrogens is 594 g/mol. The Hall–Kier alpha value is -4.83. The van der Waals surface area contributed by atoms with Crippen molar-refractivity contribution in [2.45, 2.75) is 24.6 Å². The molecule has 7 nitrogen and oxygen atoms in total. The molecule has 0 saturated heterocycles. The third-order valence-corrected chi connectivity index (χ3v) is 5.26. The summed E-state index contributed by atoms with van der Waals surface area (Å²) in [5, 5.41) is 10.0. The highest BCUT2D eigenvalue weighted by Crippen LogP contribution is 2.37. The Morgan fingerprint density at radius 1 is 0.786 bits per heavy atom. The number of nitrogens with zero attached hydrogens (tertiary/aromatic N) is 3. The maximum Gasteiger partial charge on any atom is 0.490 e. The minimum Gasteiger partial charge on any atom is -0.475 e. The zero-order chi connectivity index (χ0) is 31.5. The van der Waals surface area contributed by atoms with Crippen molar-refractivity contribution in [1.82, 2.24) is 20.3 Å². The number of rotatable bonds is 4. The lowest BCUT2D eigenvalue weighted by molar-refractivity contribution is -0.192. The van der Waals surface area contributed by atoms with Crippen LogP contribution in [0.4, 0.5) is 43.9 Å². The topological polar surface area (TPSA) is 105 Å². The summed E-state index contributed by atoms with van der Waals surface area (Å²) in [7, 11) is 0. The van der Waals surface area contributed by atoms with Crippen molar-refractivity contribution in [3.05, 3.63) is 101 Å². The van der Waals surface area contributed by atoms with Gasteiger partial charge in [-0.3, -0.25) is 9.78 Å². The lowest BCUT2D eigenvalue weighted by atomic mass is 9.97. The van der Waals surface area contributed by atoms with Crippen molar-refractivity contribution in [1.29, 1.82) is 0 Å². The molecule has 3 aromatic heterocycles. The highest BCUT2D eigenvalue weighted by Gasteiger charge is 2.39. The molecule has 0 spiro atoms. The Morgan fingerprint density at radius 2 is 1.38 bits per heavy atom. The molecule has 2 N–H and O–H groups in total. The molecule has 3 heterocycles. The van der Waals surface area contributed by atoms with Gasteiger partial charge < -0.3 is 10.4 Å². The number of hydrogen-bond acceptors (Lipinski definition) is 5. The number of nitrogens with one attached hydrogen (secondary N) is 1. The van der Waals surface area contributed by atoms with Crippen molar-refractivity contribution < 1.29 is 58.6 Å². The summed E-state index contributed by atoms with van der Waals surface area (Å²) in [4.78, 5) is 33.6. The van der Waals surface area contributed by atoms with Crippen LogP contribution in [0.5, 0.6) is 0 Å². The number of carbonyl (C=O) groups excluding carboxylic acids is 1. The van der Waals surface area contributed by atoms with Gasteiger partial charge >= 0.3 is 24.5 Å². The van der Waals surface area contributed by atoms with Crippen LogP contribution < -0.4 is 5.32 Å². The van der Waals surface area contributed by atoms with E-state index in [1.54, 1.807) is 12.1 Å². The first kappa shape index (κ1) is 31.7. The van der Waals surface area contributed by atoms with Crippen molar-refractivity contribution >= 4 is 22.9 Å². The quantitative estimate of drug-likeness (QED) is 0.262. The number of carboxylic acid groups (broad SMARTS) is 1. The number of aromatic nitrogens is 3. The number of fused-ring (bicyclic) bond motifs is 1. The van der Waals surface area contributed by atoms with Crippen molar-refractivity contribution in [2.24, 2.45) is 0 Å². The smallest absolute Gasteiger partial charge is 0.475 e. The first-order chi connectivity index (χ1) is 19.4. The van der Waals surface area contributed by atoms with E-state index in [1.807, 2.05) is 0 Å². The molecule has 42 heavy (non-hydrogen) atoms. The molecule has 0 aliphatic heterocycles. The van der Waals surface area contributed by atoms with Gasteiger partial charge in [0.2, 0.25) is 0 Å². The average Bonchev–Trinajstić information content (AvgIpc) is 2.90. The molecule has 1 aromatic carbocycles. The van der Waals surface area contributed by atoms with E-state index >= 15 is 0 Å². The van der Waals surface area contributed by atoms with Gasteiger partial charge in [0.15, 0.2) is 5.65 Å². The maximum absolute atomic E-state index is 14.3. The first-order valence-corrected chi connectivity index (χ1v) is 11.1. The molecule has 4 aromatic rings. The Kier molecular flexibility index (Phi) is 9.02. The van der Waals surface area contributed by atoms with Crippen LogP contribution in [0.25, 0.3) is 11.0 Å². The zero-order valence-electron chi connectivity index (χ0n) is 20.3. The van der Waals surface area contributed by atoms with E-state index in [-0.39, 0.29) is 16.9 Å². The summed E-state index contributed by atoms with van der Waals surface area (Å²) in [5.41, 5.74) is -4.01. The molecule has 0 saturated carbocycles. The van der Waals surface area contributed by atoms with Crippen LogP contribution in [0.1, 0.15) is 38.9 Å². The van der Waals surface area contributed by atoms with E-state index in [0.29, 0.717) is 23.6 Å². The van der Waals surface area contributed by atoms with Gasteiger partial charge in [0.05, 0.1) is 22.9 Å². The predicted molar refractivity (Wildman–Crippen MR) is 123 cm³/mol. The van der Waals surface area contributed by atoms with Crippen molar-refractivity contribution in [3.63, 3.8) is 0 Å². The molecule has 1 unspecified atom stereocenters. The summed E-state index contributed by atoms with van der Waals surface area (Å²) in [6.45, 7) is 0. The van der Waals surface area contributed by atoms with Crippen molar-refractivity contribution in [2.75, 3.05) is 0 Å². The van der Waals surface area contributed by atoms with Gasteiger partial charge in [-0.1, -0.05) is 6.07 Å². The van der Waals surface area contributed by atoms with E-state index in [1.165, 1.54) is 18.3 Å². The van der Waals surface area contributed by atoms with Gasteiger partial charge in [-0.25, -0.2) is 19.2 Å². The van der Waals surface area contributed by atoms with Crippen LogP contribution >= 0.6 is 0 Å². The van der Waals surface area contributed by atoms with Crippen LogP contribution in [-0.2, 0) is 17.1 Å². The zero-order valence-corrected chi connectivity index (χ0v) is 20.3. The van der Waals surface area contributed by atoms with Gasteiger partial charge in [-0.05, 0) is 54.1 Å². The molecule has 1 atom stereocenters. The number of amides is 1. The Balaban J connectivity index is 0.000000616. The first-order valence-electron chi connectivity index (χ1n) is 11.1. The Bertz CT molecular complexity index is 1600. The molecule has 17 heteroatoms. The van der Waals surface area contributed by atoms with E-state index in [9.17, 15) is 48.7 Å². The number of pyridine rings is 3. The maximum atomic E-state index is 14.3. The summed E-state index contributed by atoms with van der Waals surface area (Å²) in [6, 6.07) is 7.66. The minimum absolute atomic E-state index is 0.186. The molecule has 0 aliphatic rings. The van der Waals surface area contributed by atoms with Gasteiger partial charge in [-0.15, -0.1) is 0 Å². The van der Waals surface area contributed by atoms with Crippen LogP contribution in [0.2, 0.25) is 0 Å². The van der Waals surface area contributed by atoms with E-state index in [2.05, 4.69) is 20.3 Å². The lowest BCUT2D eigenvalue weighted by Crippen LogP contribution is -2.32. The molecule has 1 amide bonds. The second-order valence-electron chi connectivity index (χ2n) is 8.13. The lowest BCUT2D eigenvalue weighted by Gasteiger charge is -2.23. The van der Waals surface area contributed by atoms with E-state index in [0.717, 1.165) is 18.3 Å². The second-order valence-corrected chi connectivity index (χ2v) is 8.13. The molecule has 222 valence electrons. The van der Waals surface area contributed by atoms with E-state index in [4.69, 9.17) is 9.90 Å². The Morgan fingerprint density at radius 3 is 1.95 bits per heavy atom. The summed E-state index contributed by atoms with van der Waals surface area (Å²) < 4.78 is 126. The molecule has 0 bridgehead atoms. The van der Waals surface area contributed by atoms with Crippen LogP contribution in [0, 0.1) is 5.82 Å². The Labute approximate surface area is 227 Å². The minimum atomic E-state index is -5.08. The number of benzene rings is 1. The normalized spacial score (nSPS) is 12.7. The average molecular weight is 608 g/mol. The molecule has 4 rings (SSSR count). The standard InChI is InChI=1S/C23H13F7N4O.C2HF3O2/c24-16-11-13(5-7-14(16)22(25,26)27)18(19-15(23(28,29)30)4-2-9-31-19)34-21(35)17-8-6-12-3-1-10-32-20(12)33-17;3-2(4,5)1(6)7/h1-11,18H,(H,34,35);(H,6,7). The summed E-state index contributed by atoms with van der Waals surface area (Å²) >= 11 is 0. The summed E-state index contributed by atoms with van der Waals surface area (Å²) in [5.74, 6) is -5.44. The molecular formula is C25H14F10N4O3. The molecule has 0 aliphatic carbocycles. The number of halogens is 10. The fourth-order valence-corrected chi connectivity index (χ4v) is 3.42. The summed E-state index contributed by atoms with van der Waals surface area (Å²) in [6.07, 6.45) is -12.6. The van der Waals surface area contributed by atoms with Gasteiger partial charge in [0.1, 0.15) is 11.5 Å². The highest BCUT2D eigenvalue weighted by atomic mass is 19.4. The monoisotopic (exact) mass is 608 g/mol. The number of aliphatic carboxylic acids is 1. The number of hydrogen-bond donors (Lipinski definition) is 2. The SMILES string of the molecule is O=C(NC(c1ccc(C(F)(F)F)c(F)c1)c1ncccc1C(F)(F)F)c1ccc2cccnc2n1.O=C(O)C(F)(F)F. The predicted octanol–water partition coefficient (Wildman–Crippen LogP) is 6.35. The third kappa shape index (κ3) is 7.67. The van der Waals surface area contributed by atoms with E-state index < -0.39 is 59.1 Å². The number of alkyl halides is 9. The fourth-order valence-electron chi connectivity index (χ4n) is 3.42. The van der Waals surface area contributed by atoms with Gasteiger partial charge in [0.25, 0.3) is 5.91 Å². The fraction of sp³-hybridized carbons (Fsp3) is 0.160. The van der Waals surface area contributed by atoms with Gasteiger partial charge in [0, 0.05) is 17.8 Å². The van der Waals surface area contributed by atoms with Gasteiger partial charge in [-0.2, -0.15) is 39.5 Å². The number of carboxylic acids is 1. The molecule has 0 radical (unpaired) electrons. The van der Waals surface area contributed by atoms with Crippen LogP contribution in [-0.4, -0.2) is 38.1 Å². The van der Waals surface area contributed by atoms with Crippen LogP contribution in [0.15, 0.2) is 67.0 Å². The van der Waals surface area contributed by atoms with Crippen molar-refractivity contribution in [3.8, 4) is 0 Å². The molecule has 0 fully saturated rings. The third-order valence-electron chi connectivity index (χ3n) is 5.26. The second kappa shape index (κ2) is 12.0.